The second kappa shape index (κ2) is 7.93. The Morgan fingerprint density at radius 1 is 1.00 bits per heavy atom. The number of rotatable bonds is 5. The SMILES string of the molecule is O=C(Cc1ccc(Cl)cc1)Nc1ccc(Nc2c(F)cccc2F)nc1. The predicted octanol–water partition coefficient (Wildman–Crippen LogP) is 4.94. The molecule has 1 aromatic heterocycles. The van der Waals surface area contributed by atoms with Crippen LogP contribution >= 0.6 is 11.6 Å². The van der Waals surface area contributed by atoms with Gasteiger partial charge in [-0.15, -0.1) is 0 Å². The zero-order valence-corrected chi connectivity index (χ0v) is 14.2. The molecular weight excluding hydrogens is 360 g/mol. The van der Waals surface area contributed by atoms with Gasteiger partial charge in [0, 0.05) is 5.02 Å². The summed E-state index contributed by atoms with van der Waals surface area (Å²) < 4.78 is 27.2. The average molecular weight is 374 g/mol. The fraction of sp³-hybridized carbons (Fsp3) is 0.0526. The highest BCUT2D eigenvalue weighted by molar-refractivity contribution is 6.30. The van der Waals surface area contributed by atoms with E-state index in [1.165, 1.54) is 18.3 Å². The van der Waals surface area contributed by atoms with Gasteiger partial charge in [0.2, 0.25) is 5.91 Å². The van der Waals surface area contributed by atoms with E-state index in [2.05, 4.69) is 15.6 Å². The first-order chi connectivity index (χ1) is 12.5. The van der Waals surface area contributed by atoms with Crippen molar-refractivity contribution in [1.82, 2.24) is 4.98 Å². The van der Waals surface area contributed by atoms with Crippen LogP contribution in [-0.2, 0) is 11.2 Å². The number of hydrogen-bond acceptors (Lipinski definition) is 3. The van der Waals surface area contributed by atoms with Crippen molar-refractivity contribution >= 4 is 34.7 Å². The van der Waals surface area contributed by atoms with Crippen LogP contribution in [0.5, 0.6) is 0 Å². The van der Waals surface area contributed by atoms with Crippen LogP contribution in [0.1, 0.15) is 5.56 Å². The Labute approximate surface area is 153 Å². The molecule has 0 bridgehead atoms. The van der Waals surface area contributed by atoms with Crippen molar-refractivity contribution < 1.29 is 13.6 Å². The van der Waals surface area contributed by atoms with Crippen LogP contribution in [0, 0.1) is 11.6 Å². The van der Waals surface area contributed by atoms with Crippen molar-refractivity contribution in [2.75, 3.05) is 10.6 Å². The number of anilines is 3. The van der Waals surface area contributed by atoms with Crippen molar-refractivity contribution in [1.29, 1.82) is 0 Å². The minimum Gasteiger partial charge on any atom is -0.335 e. The number of halogens is 3. The summed E-state index contributed by atoms with van der Waals surface area (Å²) in [6.07, 6.45) is 1.60. The molecule has 0 unspecified atom stereocenters. The van der Waals surface area contributed by atoms with Crippen LogP contribution in [0.25, 0.3) is 0 Å². The lowest BCUT2D eigenvalue weighted by Gasteiger charge is -2.09. The predicted molar refractivity (Wildman–Crippen MR) is 97.7 cm³/mol. The molecule has 26 heavy (non-hydrogen) atoms. The van der Waals surface area contributed by atoms with Crippen molar-refractivity contribution in [3.63, 3.8) is 0 Å². The maximum atomic E-state index is 13.6. The number of carbonyl (C=O) groups excluding carboxylic acids is 1. The highest BCUT2D eigenvalue weighted by Gasteiger charge is 2.09. The summed E-state index contributed by atoms with van der Waals surface area (Å²) in [6, 6.07) is 13.7. The summed E-state index contributed by atoms with van der Waals surface area (Å²) in [7, 11) is 0. The van der Waals surface area contributed by atoms with Crippen LogP contribution in [0.3, 0.4) is 0 Å². The van der Waals surface area contributed by atoms with E-state index in [1.807, 2.05) is 0 Å². The van der Waals surface area contributed by atoms with Gasteiger partial charge in [-0.1, -0.05) is 29.8 Å². The zero-order valence-electron chi connectivity index (χ0n) is 13.5. The Morgan fingerprint density at radius 2 is 1.69 bits per heavy atom. The van der Waals surface area contributed by atoms with E-state index < -0.39 is 11.6 Å². The number of pyridine rings is 1. The fourth-order valence-electron chi connectivity index (χ4n) is 2.28. The summed E-state index contributed by atoms with van der Waals surface area (Å²) in [6.45, 7) is 0. The van der Waals surface area contributed by atoms with E-state index in [-0.39, 0.29) is 23.8 Å². The molecule has 2 aromatic carbocycles. The Kier molecular flexibility index (Phi) is 5.43. The van der Waals surface area contributed by atoms with Crippen molar-refractivity contribution in [3.8, 4) is 0 Å². The van der Waals surface area contributed by atoms with Gasteiger partial charge >= 0.3 is 0 Å². The van der Waals surface area contributed by atoms with Gasteiger partial charge in [-0.05, 0) is 42.0 Å². The molecule has 0 aliphatic rings. The number of nitrogens with zero attached hydrogens (tertiary/aromatic N) is 1. The molecule has 4 nitrogen and oxygen atoms in total. The number of nitrogens with one attached hydrogen (secondary N) is 2. The van der Waals surface area contributed by atoms with Crippen molar-refractivity contribution in [3.05, 3.63) is 83.0 Å². The van der Waals surface area contributed by atoms with Crippen molar-refractivity contribution in [2.45, 2.75) is 6.42 Å². The Balaban J connectivity index is 1.62. The van der Waals surface area contributed by atoms with Gasteiger partial charge in [0.25, 0.3) is 0 Å². The molecule has 0 radical (unpaired) electrons. The molecule has 0 aliphatic carbocycles. The smallest absolute Gasteiger partial charge is 0.228 e. The maximum Gasteiger partial charge on any atom is 0.228 e. The van der Waals surface area contributed by atoms with E-state index in [4.69, 9.17) is 11.6 Å². The van der Waals surface area contributed by atoms with E-state index >= 15 is 0 Å². The largest absolute Gasteiger partial charge is 0.335 e. The molecular formula is C19H14ClF2N3O. The number of benzene rings is 2. The molecule has 0 spiro atoms. The van der Waals surface area contributed by atoms with Gasteiger partial charge in [-0.2, -0.15) is 0 Å². The van der Waals surface area contributed by atoms with Gasteiger partial charge in [-0.25, -0.2) is 13.8 Å². The van der Waals surface area contributed by atoms with Gasteiger partial charge < -0.3 is 10.6 Å². The monoisotopic (exact) mass is 373 g/mol. The highest BCUT2D eigenvalue weighted by Crippen LogP contribution is 2.22. The van der Waals surface area contributed by atoms with E-state index in [0.717, 1.165) is 17.7 Å². The van der Waals surface area contributed by atoms with Gasteiger partial charge in [0.15, 0.2) is 0 Å². The van der Waals surface area contributed by atoms with E-state index in [0.29, 0.717) is 10.7 Å². The van der Waals surface area contributed by atoms with Crippen LogP contribution in [-0.4, -0.2) is 10.9 Å². The van der Waals surface area contributed by atoms with E-state index in [9.17, 15) is 13.6 Å². The molecule has 2 N–H and O–H groups in total. The molecule has 132 valence electrons. The molecule has 0 aliphatic heterocycles. The third kappa shape index (κ3) is 4.55. The number of aromatic nitrogens is 1. The molecule has 0 saturated heterocycles. The van der Waals surface area contributed by atoms with Crippen LogP contribution < -0.4 is 10.6 Å². The lowest BCUT2D eigenvalue weighted by molar-refractivity contribution is -0.115. The maximum absolute atomic E-state index is 13.6. The second-order valence-corrected chi connectivity index (χ2v) is 5.94. The quantitative estimate of drug-likeness (QED) is 0.666. The second-order valence-electron chi connectivity index (χ2n) is 5.51. The first-order valence-corrected chi connectivity index (χ1v) is 8.10. The highest BCUT2D eigenvalue weighted by atomic mass is 35.5. The lowest BCUT2D eigenvalue weighted by Crippen LogP contribution is -2.14. The minimum absolute atomic E-state index is 0.192. The number of carbonyl (C=O) groups is 1. The summed E-state index contributed by atoms with van der Waals surface area (Å²) in [5.41, 5.74) is 1.02. The molecule has 3 aromatic rings. The molecule has 0 saturated carbocycles. The lowest BCUT2D eigenvalue weighted by atomic mass is 10.1. The molecule has 1 amide bonds. The standard InChI is InChI=1S/C19H14ClF2N3O/c20-13-6-4-12(5-7-13)10-18(26)24-14-8-9-17(23-11-14)25-19-15(21)2-1-3-16(19)22/h1-9,11H,10H2,(H,23,25)(H,24,26). The first kappa shape index (κ1) is 17.8. The summed E-state index contributed by atoms with van der Waals surface area (Å²) in [4.78, 5) is 16.1. The fourth-order valence-corrected chi connectivity index (χ4v) is 2.41. The van der Waals surface area contributed by atoms with Crippen LogP contribution in [0.2, 0.25) is 5.02 Å². The third-order valence-corrected chi connectivity index (χ3v) is 3.79. The van der Waals surface area contributed by atoms with Crippen LogP contribution in [0.15, 0.2) is 60.8 Å². The molecule has 7 heteroatoms. The Hall–Kier alpha value is -2.99. The summed E-state index contributed by atoms with van der Waals surface area (Å²) >= 11 is 5.81. The normalized spacial score (nSPS) is 10.4. The third-order valence-electron chi connectivity index (χ3n) is 3.54. The summed E-state index contributed by atoms with van der Waals surface area (Å²) in [5.74, 6) is -1.39. The van der Waals surface area contributed by atoms with Crippen LogP contribution in [0.4, 0.5) is 26.0 Å². The molecule has 3 rings (SSSR count). The van der Waals surface area contributed by atoms with Gasteiger partial charge in [0.1, 0.15) is 23.1 Å². The topological polar surface area (TPSA) is 54.0 Å². The number of amides is 1. The Morgan fingerprint density at radius 3 is 2.31 bits per heavy atom. The Bertz CT molecular complexity index is 895. The number of hydrogen-bond donors (Lipinski definition) is 2. The molecule has 0 fully saturated rings. The molecule has 0 atom stereocenters. The zero-order chi connectivity index (χ0) is 18.5. The first-order valence-electron chi connectivity index (χ1n) is 7.72. The van der Waals surface area contributed by atoms with Gasteiger partial charge in [-0.3, -0.25) is 4.79 Å². The minimum atomic E-state index is -0.716. The summed E-state index contributed by atoms with van der Waals surface area (Å²) in [5, 5.41) is 5.89. The molecule has 1 heterocycles. The van der Waals surface area contributed by atoms with E-state index in [1.54, 1.807) is 30.3 Å². The van der Waals surface area contributed by atoms with Crippen molar-refractivity contribution in [2.24, 2.45) is 0 Å². The van der Waals surface area contributed by atoms with Gasteiger partial charge in [0.05, 0.1) is 18.3 Å². The number of para-hydroxylation sites is 1. The average Bonchev–Trinajstić information content (AvgIpc) is 2.62.